The standard InChI is InChI=1S/C18H32/c1-5-14-18(6-2)16-13-11-9-7-8-10-12-15-17(3)4/h5-6,15H,1,7-14,16H2,2-4H3. The highest BCUT2D eigenvalue weighted by Gasteiger charge is 1.95. The number of hydrogen-bond donors (Lipinski definition) is 0. The van der Waals surface area contributed by atoms with E-state index >= 15 is 0 Å². The van der Waals surface area contributed by atoms with Crippen LogP contribution in [-0.2, 0) is 0 Å². The lowest BCUT2D eigenvalue weighted by Crippen LogP contribution is -1.84. The van der Waals surface area contributed by atoms with E-state index in [1.807, 2.05) is 6.08 Å². The van der Waals surface area contributed by atoms with Crippen molar-refractivity contribution in [2.75, 3.05) is 0 Å². The largest absolute Gasteiger partial charge is 0.103 e. The number of allylic oxidation sites excluding steroid dienone is 5. The Morgan fingerprint density at radius 2 is 1.56 bits per heavy atom. The van der Waals surface area contributed by atoms with Gasteiger partial charge in [-0.25, -0.2) is 0 Å². The summed E-state index contributed by atoms with van der Waals surface area (Å²) in [5.74, 6) is 0. The molecule has 0 unspecified atom stereocenters. The molecule has 0 spiro atoms. The fraction of sp³-hybridized carbons (Fsp3) is 0.667. The molecule has 0 N–H and O–H groups in total. The van der Waals surface area contributed by atoms with Crippen LogP contribution in [0.3, 0.4) is 0 Å². The average molecular weight is 248 g/mol. The van der Waals surface area contributed by atoms with Gasteiger partial charge in [0.05, 0.1) is 0 Å². The van der Waals surface area contributed by atoms with Gasteiger partial charge in [-0.2, -0.15) is 0 Å². The first-order chi connectivity index (χ1) is 8.70. The zero-order valence-electron chi connectivity index (χ0n) is 12.8. The van der Waals surface area contributed by atoms with Gasteiger partial charge in [-0.15, -0.1) is 6.58 Å². The van der Waals surface area contributed by atoms with Gasteiger partial charge in [0.15, 0.2) is 0 Å². The molecule has 0 atom stereocenters. The minimum absolute atomic E-state index is 1.07. The molecule has 0 aromatic rings. The number of hydrogen-bond acceptors (Lipinski definition) is 0. The zero-order valence-corrected chi connectivity index (χ0v) is 12.8. The van der Waals surface area contributed by atoms with Crippen LogP contribution in [0.5, 0.6) is 0 Å². The van der Waals surface area contributed by atoms with E-state index in [0.29, 0.717) is 0 Å². The Kier molecular flexibility index (Phi) is 12.1. The molecule has 104 valence electrons. The summed E-state index contributed by atoms with van der Waals surface area (Å²) < 4.78 is 0. The van der Waals surface area contributed by atoms with Crippen molar-refractivity contribution in [2.24, 2.45) is 0 Å². The van der Waals surface area contributed by atoms with Gasteiger partial charge in [-0.3, -0.25) is 0 Å². The second-order valence-electron chi connectivity index (χ2n) is 5.38. The number of unbranched alkanes of at least 4 members (excludes halogenated alkanes) is 6. The second kappa shape index (κ2) is 12.7. The van der Waals surface area contributed by atoms with Crippen LogP contribution in [0.2, 0.25) is 0 Å². The normalized spacial score (nSPS) is 11.4. The average Bonchev–Trinajstić information content (AvgIpc) is 2.35. The van der Waals surface area contributed by atoms with E-state index in [1.54, 1.807) is 5.57 Å². The SMILES string of the molecule is C=CCC(=CC)CCCCCCCCC=C(C)C. The molecule has 0 heteroatoms. The highest BCUT2D eigenvalue weighted by atomic mass is 14.0. The Balaban J connectivity index is 3.30. The van der Waals surface area contributed by atoms with Gasteiger partial charge >= 0.3 is 0 Å². The fourth-order valence-corrected chi connectivity index (χ4v) is 2.14. The van der Waals surface area contributed by atoms with E-state index in [4.69, 9.17) is 0 Å². The first-order valence-corrected chi connectivity index (χ1v) is 7.59. The summed E-state index contributed by atoms with van der Waals surface area (Å²) in [5.41, 5.74) is 3.00. The van der Waals surface area contributed by atoms with Crippen molar-refractivity contribution in [3.63, 3.8) is 0 Å². The quantitative estimate of drug-likeness (QED) is 0.285. The van der Waals surface area contributed by atoms with Crippen molar-refractivity contribution >= 4 is 0 Å². The Morgan fingerprint density at radius 3 is 2.11 bits per heavy atom. The fourth-order valence-electron chi connectivity index (χ4n) is 2.14. The maximum atomic E-state index is 3.80. The highest BCUT2D eigenvalue weighted by Crippen LogP contribution is 2.15. The molecular formula is C18H32. The van der Waals surface area contributed by atoms with Gasteiger partial charge in [-0.1, -0.05) is 55.1 Å². The Labute approximate surface area is 115 Å². The molecule has 0 aromatic carbocycles. The van der Waals surface area contributed by atoms with E-state index < -0.39 is 0 Å². The van der Waals surface area contributed by atoms with E-state index in [2.05, 4.69) is 39.5 Å². The van der Waals surface area contributed by atoms with Gasteiger partial charge in [0, 0.05) is 0 Å². The lowest BCUT2D eigenvalue weighted by Gasteiger charge is -2.04. The van der Waals surface area contributed by atoms with Crippen LogP contribution in [-0.4, -0.2) is 0 Å². The van der Waals surface area contributed by atoms with Crippen LogP contribution in [0.4, 0.5) is 0 Å². The molecular weight excluding hydrogens is 216 g/mol. The third-order valence-electron chi connectivity index (χ3n) is 3.32. The van der Waals surface area contributed by atoms with Crippen LogP contribution in [0.15, 0.2) is 36.0 Å². The van der Waals surface area contributed by atoms with E-state index in [9.17, 15) is 0 Å². The molecule has 0 aliphatic heterocycles. The van der Waals surface area contributed by atoms with Gasteiger partial charge < -0.3 is 0 Å². The smallest absolute Gasteiger partial charge is 0.0142 e. The van der Waals surface area contributed by atoms with Gasteiger partial charge in [-0.05, 0) is 52.9 Å². The Hall–Kier alpha value is -0.780. The molecule has 0 heterocycles. The van der Waals surface area contributed by atoms with Crippen LogP contribution in [0, 0.1) is 0 Å². The van der Waals surface area contributed by atoms with Crippen molar-refractivity contribution in [1.29, 1.82) is 0 Å². The van der Waals surface area contributed by atoms with E-state index in [0.717, 1.165) is 6.42 Å². The van der Waals surface area contributed by atoms with Gasteiger partial charge in [0.25, 0.3) is 0 Å². The van der Waals surface area contributed by atoms with Crippen LogP contribution < -0.4 is 0 Å². The minimum Gasteiger partial charge on any atom is -0.103 e. The maximum absolute atomic E-state index is 3.80. The molecule has 18 heavy (non-hydrogen) atoms. The van der Waals surface area contributed by atoms with Crippen LogP contribution >= 0.6 is 0 Å². The third-order valence-corrected chi connectivity index (χ3v) is 3.32. The van der Waals surface area contributed by atoms with Crippen LogP contribution in [0.25, 0.3) is 0 Å². The molecule has 0 bridgehead atoms. The molecule has 0 saturated heterocycles. The van der Waals surface area contributed by atoms with Crippen LogP contribution in [0.1, 0.15) is 78.6 Å². The molecule has 0 saturated carbocycles. The molecule has 0 aliphatic carbocycles. The summed E-state index contributed by atoms with van der Waals surface area (Å²) in [7, 11) is 0. The predicted molar refractivity (Wildman–Crippen MR) is 84.9 cm³/mol. The molecule has 0 rings (SSSR count). The van der Waals surface area contributed by atoms with Gasteiger partial charge in [0.1, 0.15) is 0 Å². The third kappa shape index (κ3) is 11.7. The first kappa shape index (κ1) is 17.2. The Morgan fingerprint density at radius 1 is 0.944 bits per heavy atom. The van der Waals surface area contributed by atoms with Crippen molar-refractivity contribution in [3.8, 4) is 0 Å². The summed E-state index contributed by atoms with van der Waals surface area (Å²) in [4.78, 5) is 0. The summed E-state index contributed by atoms with van der Waals surface area (Å²) in [6.45, 7) is 10.3. The topological polar surface area (TPSA) is 0 Å². The monoisotopic (exact) mass is 248 g/mol. The molecule has 0 nitrogen and oxygen atoms in total. The van der Waals surface area contributed by atoms with Crippen molar-refractivity contribution in [3.05, 3.63) is 36.0 Å². The molecule has 0 aliphatic rings. The summed E-state index contributed by atoms with van der Waals surface area (Å²) >= 11 is 0. The lowest BCUT2D eigenvalue weighted by molar-refractivity contribution is 0.594. The molecule has 0 fully saturated rings. The minimum atomic E-state index is 1.07. The highest BCUT2D eigenvalue weighted by molar-refractivity contribution is 5.04. The van der Waals surface area contributed by atoms with E-state index in [1.165, 1.54) is 56.9 Å². The molecule has 0 amide bonds. The summed E-state index contributed by atoms with van der Waals surface area (Å²) in [6.07, 6.45) is 18.5. The maximum Gasteiger partial charge on any atom is -0.0142 e. The number of rotatable bonds is 11. The zero-order chi connectivity index (χ0) is 13.6. The van der Waals surface area contributed by atoms with Crippen molar-refractivity contribution < 1.29 is 0 Å². The van der Waals surface area contributed by atoms with Gasteiger partial charge in [0.2, 0.25) is 0 Å². The lowest BCUT2D eigenvalue weighted by atomic mass is 10.0. The van der Waals surface area contributed by atoms with Crippen molar-refractivity contribution in [2.45, 2.75) is 78.6 Å². The summed E-state index contributed by atoms with van der Waals surface area (Å²) in [5, 5.41) is 0. The first-order valence-electron chi connectivity index (χ1n) is 7.59. The summed E-state index contributed by atoms with van der Waals surface area (Å²) in [6, 6.07) is 0. The second-order valence-corrected chi connectivity index (χ2v) is 5.38. The molecule has 0 aromatic heterocycles. The Bertz CT molecular complexity index is 251. The van der Waals surface area contributed by atoms with E-state index in [-0.39, 0.29) is 0 Å². The van der Waals surface area contributed by atoms with Crippen molar-refractivity contribution in [1.82, 2.24) is 0 Å². The predicted octanol–water partition coefficient (Wildman–Crippen LogP) is 6.60. The molecule has 0 radical (unpaired) electrons.